The summed E-state index contributed by atoms with van der Waals surface area (Å²) in [6, 6.07) is 16.9. The summed E-state index contributed by atoms with van der Waals surface area (Å²) in [5.74, 6) is -0.854. The lowest BCUT2D eigenvalue weighted by atomic mass is 9.84. The SMILES string of the molecule is CC1(c2ccccc2)NC(=O)C(C(=O)Nc2ccc(C3CCCCC3)cc2)=C1O. The Kier molecular flexibility index (Phi) is 5.14. The number of aliphatic hydroxyl groups is 1. The van der Waals surface area contributed by atoms with E-state index in [0.717, 1.165) is 0 Å². The van der Waals surface area contributed by atoms with Crippen molar-refractivity contribution in [3.63, 3.8) is 0 Å². The van der Waals surface area contributed by atoms with Gasteiger partial charge in [-0.3, -0.25) is 9.59 Å². The van der Waals surface area contributed by atoms with Gasteiger partial charge in [-0.15, -0.1) is 0 Å². The molecule has 3 N–H and O–H groups in total. The molecule has 2 amide bonds. The number of carbonyl (C=O) groups excluding carboxylic acids is 2. The van der Waals surface area contributed by atoms with Crippen LogP contribution in [0.2, 0.25) is 0 Å². The Balaban J connectivity index is 1.52. The minimum Gasteiger partial charge on any atom is -0.508 e. The molecule has 1 heterocycles. The van der Waals surface area contributed by atoms with E-state index in [1.54, 1.807) is 19.1 Å². The van der Waals surface area contributed by atoms with E-state index < -0.39 is 17.4 Å². The molecule has 150 valence electrons. The maximum absolute atomic E-state index is 12.8. The summed E-state index contributed by atoms with van der Waals surface area (Å²) in [6.07, 6.45) is 6.28. The minimum atomic E-state index is -1.12. The first-order valence-electron chi connectivity index (χ1n) is 10.2. The molecule has 0 bridgehead atoms. The number of nitrogens with one attached hydrogen (secondary N) is 2. The van der Waals surface area contributed by atoms with E-state index >= 15 is 0 Å². The summed E-state index contributed by atoms with van der Waals surface area (Å²) >= 11 is 0. The van der Waals surface area contributed by atoms with Gasteiger partial charge >= 0.3 is 0 Å². The Morgan fingerprint density at radius 1 is 1.03 bits per heavy atom. The van der Waals surface area contributed by atoms with Gasteiger partial charge < -0.3 is 15.7 Å². The molecule has 0 aromatic heterocycles. The van der Waals surface area contributed by atoms with Crippen LogP contribution in [0.1, 0.15) is 56.1 Å². The van der Waals surface area contributed by atoms with Crippen LogP contribution in [0.3, 0.4) is 0 Å². The van der Waals surface area contributed by atoms with Crippen molar-refractivity contribution in [2.75, 3.05) is 5.32 Å². The van der Waals surface area contributed by atoms with E-state index in [1.807, 2.05) is 42.5 Å². The second kappa shape index (κ2) is 7.74. The fourth-order valence-electron chi connectivity index (χ4n) is 4.37. The van der Waals surface area contributed by atoms with Crippen LogP contribution in [0.4, 0.5) is 5.69 Å². The Hall–Kier alpha value is -3.08. The second-order valence-corrected chi connectivity index (χ2v) is 8.08. The van der Waals surface area contributed by atoms with Crippen LogP contribution in [0.15, 0.2) is 65.9 Å². The first-order valence-corrected chi connectivity index (χ1v) is 10.2. The zero-order valence-corrected chi connectivity index (χ0v) is 16.6. The lowest BCUT2D eigenvalue weighted by Crippen LogP contribution is -2.39. The summed E-state index contributed by atoms with van der Waals surface area (Å²) in [5.41, 5.74) is 1.25. The molecule has 1 aliphatic heterocycles. The highest BCUT2D eigenvalue weighted by molar-refractivity contribution is 6.24. The van der Waals surface area contributed by atoms with Crippen molar-refractivity contribution in [1.82, 2.24) is 5.32 Å². The Morgan fingerprint density at radius 3 is 2.34 bits per heavy atom. The predicted octanol–water partition coefficient (Wildman–Crippen LogP) is 4.53. The number of carbonyl (C=O) groups is 2. The second-order valence-electron chi connectivity index (χ2n) is 8.08. The standard InChI is InChI=1S/C24H26N2O3/c1-24(18-10-6-3-7-11-18)21(27)20(23(29)26-24)22(28)25-19-14-12-17(13-15-19)16-8-4-2-5-9-16/h3,6-7,10-16,27H,2,4-5,8-9H2,1H3,(H,25,28)(H,26,29). The summed E-state index contributed by atoms with van der Waals surface area (Å²) in [4.78, 5) is 25.2. The molecule has 0 spiro atoms. The largest absolute Gasteiger partial charge is 0.508 e. The summed E-state index contributed by atoms with van der Waals surface area (Å²) in [7, 11) is 0. The van der Waals surface area contributed by atoms with Gasteiger partial charge in [0.1, 0.15) is 16.9 Å². The molecular formula is C24H26N2O3. The van der Waals surface area contributed by atoms with Crippen LogP contribution in [-0.2, 0) is 15.1 Å². The van der Waals surface area contributed by atoms with Gasteiger partial charge in [0, 0.05) is 5.69 Å². The van der Waals surface area contributed by atoms with Crippen molar-refractivity contribution < 1.29 is 14.7 Å². The third-order valence-corrected chi connectivity index (χ3v) is 6.12. The first-order chi connectivity index (χ1) is 14.0. The van der Waals surface area contributed by atoms with Gasteiger partial charge in [0.2, 0.25) is 0 Å². The highest BCUT2D eigenvalue weighted by Gasteiger charge is 2.45. The van der Waals surface area contributed by atoms with Crippen LogP contribution < -0.4 is 10.6 Å². The molecule has 1 saturated carbocycles. The molecule has 2 aromatic rings. The van der Waals surface area contributed by atoms with Crippen molar-refractivity contribution in [2.45, 2.75) is 50.5 Å². The fraction of sp³-hybridized carbons (Fsp3) is 0.333. The van der Waals surface area contributed by atoms with E-state index in [2.05, 4.69) is 10.6 Å². The quantitative estimate of drug-likeness (QED) is 0.671. The van der Waals surface area contributed by atoms with Crippen molar-refractivity contribution >= 4 is 17.5 Å². The number of benzene rings is 2. The topological polar surface area (TPSA) is 78.4 Å². The Labute approximate surface area is 170 Å². The van der Waals surface area contributed by atoms with Crippen molar-refractivity contribution in [1.29, 1.82) is 0 Å². The lowest BCUT2D eigenvalue weighted by Gasteiger charge is -2.25. The zero-order valence-electron chi connectivity index (χ0n) is 16.6. The molecule has 1 aliphatic carbocycles. The highest BCUT2D eigenvalue weighted by atomic mass is 16.3. The van der Waals surface area contributed by atoms with E-state index in [1.165, 1.54) is 37.7 Å². The molecular weight excluding hydrogens is 364 g/mol. The third kappa shape index (κ3) is 3.65. The van der Waals surface area contributed by atoms with E-state index in [4.69, 9.17) is 0 Å². The molecule has 1 unspecified atom stereocenters. The van der Waals surface area contributed by atoms with Gasteiger partial charge in [-0.2, -0.15) is 0 Å². The first kappa shape index (κ1) is 19.2. The van der Waals surface area contributed by atoms with Gasteiger partial charge in [0.25, 0.3) is 11.8 Å². The minimum absolute atomic E-state index is 0.243. The number of anilines is 1. The van der Waals surface area contributed by atoms with Gasteiger partial charge in [-0.25, -0.2) is 0 Å². The molecule has 5 heteroatoms. The lowest BCUT2D eigenvalue weighted by molar-refractivity contribution is -0.121. The maximum Gasteiger partial charge on any atom is 0.264 e. The maximum atomic E-state index is 12.8. The van der Waals surface area contributed by atoms with Crippen LogP contribution in [0.25, 0.3) is 0 Å². The molecule has 0 radical (unpaired) electrons. The average molecular weight is 390 g/mol. The van der Waals surface area contributed by atoms with Crippen molar-refractivity contribution in [3.05, 3.63) is 77.1 Å². The summed E-state index contributed by atoms with van der Waals surface area (Å²) in [6.45, 7) is 1.69. The molecule has 0 saturated heterocycles. The molecule has 2 aliphatic rings. The van der Waals surface area contributed by atoms with Crippen molar-refractivity contribution in [2.24, 2.45) is 0 Å². The average Bonchev–Trinajstić information content (AvgIpc) is 2.99. The molecule has 1 fully saturated rings. The number of rotatable bonds is 4. The molecule has 5 nitrogen and oxygen atoms in total. The molecule has 4 rings (SSSR count). The number of amides is 2. The Morgan fingerprint density at radius 2 is 1.69 bits per heavy atom. The zero-order chi connectivity index (χ0) is 20.4. The number of hydrogen-bond acceptors (Lipinski definition) is 3. The monoisotopic (exact) mass is 390 g/mol. The van der Waals surface area contributed by atoms with Crippen LogP contribution in [0.5, 0.6) is 0 Å². The predicted molar refractivity (Wildman–Crippen MR) is 112 cm³/mol. The van der Waals surface area contributed by atoms with E-state index in [-0.39, 0.29) is 11.3 Å². The van der Waals surface area contributed by atoms with Gasteiger partial charge in [-0.1, -0.05) is 61.7 Å². The fourth-order valence-corrected chi connectivity index (χ4v) is 4.37. The molecule has 29 heavy (non-hydrogen) atoms. The summed E-state index contributed by atoms with van der Waals surface area (Å²) in [5, 5.41) is 16.2. The van der Waals surface area contributed by atoms with Gasteiger partial charge in [0.15, 0.2) is 0 Å². The summed E-state index contributed by atoms with van der Waals surface area (Å²) < 4.78 is 0. The Bertz CT molecular complexity index is 944. The molecule has 1 atom stereocenters. The smallest absolute Gasteiger partial charge is 0.264 e. The third-order valence-electron chi connectivity index (χ3n) is 6.12. The highest BCUT2D eigenvalue weighted by Crippen LogP contribution is 2.35. The van der Waals surface area contributed by atoms with Crippen LogP contribution in [-0.4, -0.2) is 16.9 Å². The van der Waals surface area contributed by atoms with Gasteiger partial charge in [-0.05, 0) is 48.9 Å². The number of hydrogen-bond donors (Lipinski definition) is 3. The molecule has 2 aromatic carbocycles. The van der Waals surface area contributed by atoms with E-state index in [9.17, 15) is 14.7 Å². The normalized spacial score (nSPS) is 22.4. The van der Waals surface area contributed by atoms with Crippen molar-refractivity contribution in [3.8, 4) is 0 Å². The number of aliphatic hydroxyl groups excluding tert-OH is 1. The van der Waals surface area contributed by atoms with E-state index in [0.29, 0.717) is 17.2 Å². The van der Waals surface area contributed by atoms with Crippen LogP contribution >= 0.6 is 0 Å². The van der Waals surface area contributed by atoms with Crippen LogP contribution in [0, 0.1) is 0 Å². The van der Waals surface area contributed by atoms with Gasteiger partial charge in [0.05, 0.1) is 0 Å².